The summed E-state index contributed by atoms with van der Waals surface area (Å²) in [5.74, 6) is 0.0554. The Labute approximate surface area is 268 Å². The number of halogens is 2. The quantitative estimate of drug-likeness (QED) is 0.226. The number of sulfonamides is 1. The second kappa shape index (κ2) is 15.9. The molecule has 44 heavy (non-hydrogen) atoms. The second-order valence-electron chi connectivity index (χ2n) is 9.68. The van der Waals surface area contributed by atoms with Crippen LogP contribution in [0.5, 0.6) is 17.2 Å². The van der Waals surface area contributed by atoms with E-state index in [0.29, 0.717) is 46.7 Å². The summed E-state index contributed by atoms with van der Waals surface area (Å²) < 4.78 is 45.5. The zero-order valence-corrected chi connectivity index (χ0v) is 27.6. The van der Waals surface area contributed by atoms with Gasteiger partial charge in [0.1, 0.15) is 18.3 Å². The van der Waals surface area contributed by atoms with Crippen molar-refractivity contribution >= 4 is 50.7 Å². The zero-order chi connectivity index (χ0) is 32.4. The van der Waals surface area contributed by atoms with Crippen LogP contribution in [0.2, 0.25) is 10.0 Å². The van der Waals surface area contributed by atoms with Crippen molar-refractivity contribution in [1.82, 2.24) is 10.2 Å². The summed E-state index contributed by atoms with van der Waals surface area (Å²) in [5.41, 5.74) is 0.749. The van der Waals surface area contributed by atoms with Crippen LogP contribution in [0.3, 0.4) is 0 Å². The van der Waals surface area contributed by atoms with Crippen molar-refractivity contribution in [3.05, 3.63) is 76.3 Å². The molecule has 1 atom stereocenters. The lowest BCUT2D eigenvalue weighted by Gasteiger charge is -2.32. The number of carbonyl (C=O) groups excluding carboxylic acids is 2. The van der Waals surface area contributed by atoms with E-state index in [1.807, 2.05) is 13.8 Å². The topological polar surface area (TPSA) is 114 Å². The first kappa shape index (κ1) is 34.8. The maximum atomic E-state index is 14.2. The smallest absolute Gasteiger partial charge is 0.264 e. The Morgan fingerprint density at radius 2 is 1.61 bits per heavy atom. The Kier molecular flexibility index (Phi) is 12.6. The van der Waals surface area contributed by atoms with Crippen molar-refractivity contribution in [2.24, 2.45) is 0 Å². The Morgan fingerprint density at radius 1 is 0.932 bits per heavy atom. The van der Waals surface area contributed by atoms with E-state index in [0.717, 1.165) is 4.31 Å². The van der Waals surface area contributed by atoms with E-state index in [4.69, 9.17) is 37.4 Å². The van der Waals surface area contributed by atoms with Crippen molar-refractivity contribution in [2.45, 2.75) is 44.7 Å². The number of ether oxygens (including phenoxy) is 3. The summed E-state index contributed by atoms with van der Waals surface area (Å²) in [6.07, 6.45) is 0.699. The minimum Gasteiger partial charge on any atom is -0.494 e. The van der Waals surface area contributed by atoms with Crippen LogP contribution >= 0.6 is 23.2 Å². The largest absolute Gasteiger partial charge is 0.494 e. The number of benzene rings is 3. The molecule has 0 spiro atoms. The average Bonchev–Trinajstić information content (AvgIpc) is 3.01. The molecule has 0 unspecified atom stereocenters. The van der Waals surface area contributed by atoms with E-state index < -0.39 is 28.5 Å². The third kappa shape index (κ3) is 8.49. The molecule has 13 heteroatoms. The Morgan fingerprint density at radius 3 is 2.20 bits per heavy atom. The standard InChI is InChI=1S/C31H37Cl2N3O7S/c1-6-16-34-31(38)21(3)35(19-22-8-9-23(32)17-27(22)33)30(37)20-36(24-10-12-25(13-11-24)43-7-2)44(39,40)26-14-15-28(41-4)29(18-26)42-5/h8-15,17-18,21H,6-7,16,19-20H2,1-5H3,(H,34,38)/t21-/m0/s1. The van der Waals surface area contributed by atoms with Gasteiger partial charge in [-0.1, -0.05) is 36.2 Å². The molecule has 0 aliphatic heterocycles. The highest BCUT2D eigenvalue weighted by Gasteiger charge is 2.33. The molecule has 2 amide bonds. The van der Waals surface area contributed by atoms with Crippen LogP contribution in [-0.2, 0) is 26.2 Å². The molecular formula is C31H37Cl2N3O7S. The summed E-state index contributed by atoms with van der Waals surface area (Å²) in [4.78, 5) is 28.3. The van der Waals surface area contributed by atoms with E-state index in [1.165, 1.54) is 43.4 Å². The molecule has 238 valence electrons. The molecule has 0 fully saturated rings. The van der Waals surface area contributed by atoms with Gasteiger partial charge in [0.25, 0.3) is 10.0 Å². The summed E-state index contributed by atoms with van der Waals surface area (Å²) >= 11 is 12.5. The number of hydrogen-bond donors (Lipinski definition) is 1. The molecule has 0 bridgehead atoms. The number of rotatable bonds is 15. The highest BCUT2D eigenvalue weighted by molar-refractivity contribution is 7.92. The van der Waals surface area contributed by atoms with Crippen LogP contribution in [0.4, 0.5) is 5.69 Å². The van der Waals surface area contributed by atoms with E-state index in [2.05, 4.69) is 5.32 Å². The number of amides is 2. The van der Waals surface area contributed by atoms with Crippen LogP contribution < -0.4 is 23.8 Å². The highest BCUT2D eigenvalue weighted by Crippen LogP contribution is 2.33. The fraction of sp³-hybridized carbons (Fsp3) is 0.355. The zero-order valence-electron chi connectivity index (χ0n) is 25.3. The van der Waals surface area contributed by atoms with Gasteiger partial charge in [0.05, 0.1) is 31.4 Å². The lowest BCUT2D eigenvalue weighted by atomic mass is 10.1. The number of carbonyl (C=O) groups is 2. The fourth-order valence-electron chi connectivity index (χ4n) is 4.32. The van der Waals surface area contributed by atoms with Crippen LogP contribution in [-0.4, -0.2) is 65.1 Å². The number of methoxy groups -OCH3 is 2. The first-order chi connectivity index (χ1) is 21.0. The summed E-state index contributed by atoms with van der Waals surface area (Å²) in [6, 6.07) is 14.4. The summed E-state index contributed by atoms with van der Waals surface area (Å²) in [5, 5.41) is 3.52. The Bertz CT molecular complexity index is 1550. The van der Waals surface area contributed by atoms with Crippen molar-refractivity contribution < 1.29 is 32.2 Å². The lowest BCUT2D eigenvalue weighted by molar-refractivity contribution is -0.139. The maximum absolute atomic E-state index is 14.2. The lowest BCUT2D eigenvalue weighted by Crippen LogP contribution is -2.51. The molecule has 0 aromatic heterocycles. The molecule has 1 N–H and O–H groups in total. The SMILES string of the molecule is CCCNC(=O)[C@H](C)N(Cc1ccc(Cl)cc1Cl)C(=O)CN(c1ccc(OCC)cc1)S(=O)(=O)c1ccc(OC)c(OC)c1. The monoisotopic (exact) mass is 665 g/mol. The summed E-state index contributed by atoms with van der Waals surface area (Å²) in [7, 11) is -1.51. The summed E-state index contributed by atoms with van der Waals surface area (Å²) in [6.45, 7) is 5.47. The van der Waals surface area contributed by atoms with Crippen LogP contribution in [0, 0.1) is 0 Å². The molecular weight excluding hydrogens is 629 g/mol. The number of nitrogens with one attached hydrogen (secondary N) is 1. The van der Waals surface area contributed by atoms with Crippen LogP contribution in [0.1, 0.15) is 32.8 Å². The normalized spacial score (nSPS) is 11.8. The third-order valence-electron chi connectivity index (χ3n) is 6.73. The van der Waals surface area contributed by atoms with Gasteiger partial charge in [0, 0.05) is 29.2 Å². The van der Waals surface area contributed by atoms with E-state index >= 15 is 0 Å². The van der Waals surface area contributed by atoms with Crippen molar-refractivity contribution in [3.8, 4) is 17.2 Å². The van der Waals surface area contributed by atoms with Gasteiger partial charge in [0.15, 0.2) is 11.5 Å². The maximum Gasteiger partial charge on any atom is 0.264 e. The Balaban J connectivity index is 2.09. The highest BCUT2D eigenvalue weighted by atomic mass is 35.5. The predicted molar refractivity (Wildman–Crippen MR) is 171 cm³/mol. The van der Waals surface area contributed by atoms with Gasteiger partial charge >= 0.3 is 0 Å². The Hall–Kier alpha value is -3.67. The molecule has 3 aromatic carbocycles. The van der Waals surface area contributed by atoms with Gasteiger partial charge < -0.3 is 24.4 Å². The first-order valence-corrected chi connectivity index (χ1v) is 16.1. The third-order valence-corrected chi connectivity index (χ3v) is 9.09. The molecule has 0 aliphatic rings. The van der Waals surface area contributed by atoms with Crippen LogP contribution in [0.15, 0.2) is 65.6 Å². The van der Waals surface area contributed by atoms with Gasteiger partial charge in [-0.15, -0.1) is 0 Å². The molecule has 0 saturated heterocycles. The van der Waals surface area contributed by atoms with Gasteiger partial charge in [-0.2, -0.15) is 0 Å². The average molecular weight is 667 g/mol. The number of hydrogen-bond acceptors (Lipinski definition) is 7. The van der Waals surface area contributed by atoms with Gasteiger partial charge in [-0.25, -0.2) is 8.42 Å². The van der Waals surface area contributed by atoms with Gasteiger partial charge in [-0.05, 0) is 74.4 Å². The van der Waals surface area contributed by atoms with Crippen molar-refractivity contribution in [2.75, 3.05) is 38.2 Å². The number of anilines is 1. The minimum absolute atomic E-state index is 0.0664. The fourth-order valence-corrected chi connectivity index (χ4v) is 6.22. The molecule has 0 radical (unpaired) electrons. The van der Waals surface area contributed by atoms with Gasteiger partial charge in [-0.3, -0.25) is 13.9 Å². The molecule has 3 aromatic rings. The van der Waals surface area contributed by atoms with Crippen LogP contribution in [0.25, 0.3) is 0 Å². The second-order valence-corrected chi connectivity index (χ2v) is 12.4. The van der Waals surface area contributed by atoms with E-state index in [-0.39, 0.29) is 28.8 Å². The van der Waals surface area contributed by atoms with Crippen molar-refractivity contribution in [3.63, 3.8) is 0 Å². The van der Waals surface area contributed by atoms with Crippen molar-refractivity contribution in [1.29, 1.82) is 0 Å². The van der Waals surface area contributed by atoms with E-state index in [1.54, 1.807) is 43.3 Å². The molecule has 10 nitrogen and oxygen atoms in total. The predicted octanol–water partition coefficient (Wildman–Crippen LogP) is 5.55. The molecule has 0 heterocycles. The molecule has 0 aliphatic carbocycles. The van der Waals surface area contributed by atoms with Gasteiger partial charge in [0.2, 0.25) is 11.8 Å². The minimum atomic E-state index is -4.35. The first-order valence-electron chi connectivity index (χ1n) is 13.9. The van der Waals surface area contributed by atoms with E-state index in [9.17, 15) is 18.0 Å². The number of nitrogens with zero attached hydrogens (tertiary/aromatic N) is 2. The molecule has 3 rings (SSSR count). The molecule has 0 saturated carbocycles.